The maximum absolute atomic E-state index is 5.68. The van der Waals surface area contributed by atoms with Gasteiger partial charge in [0.2, 0.25) is 0 Å². The molecule has 1 aromatic heterocycles. The molecule has 3 nitrogen and oxygen atoms in total. The van der Waals surface area contributed by atoms with Crippen LogP contribution in [-0.4, -0.2) is 17.1 Å². The molecule has 15 heavy (non-hydrogen) atoms. The number of hydrogen-bond acceptors (Lipinski definition) is 3. The SMILES string of the molecule is CCC(CC)(OC)c1ncc(CCl)cn1. The van der Waals surface area contributed by atoms with Crippen LogP contribution >= 0.6 is 11.6 Å². The third kappa shape index (κ3) is 2.47. The summed E-state index contributed by atoms with van der Waals surface area (Å²) in [7, 11) is 1.70. The molecule has 1 aromatic rings. The van der Waals surface area contributed by atoms with Crippen molar-refractivity contribution in [1.29, 1.82) is 0 Å². The molecule has 0 spiro atoms. The van der Waals surface area contributed by atoms with Crippen LogP contribution in [0.1, 0.15) is 38.1 Å². The van der Waals surface area contributed by atoms with Crippen LogP contribution in [0.25, 0.3) is 0 Å². The van der Waals surface area contributed by atoms with E-state index in [9.17, 15) is 0 Å². The lowest BCUT2D eigenvalue weighted by Gasteiger charge is -2.28. The van der Waals surface area contributed by atoms with Crippen molar-refractivity contribution in [2.24, 2.45) is 0 Å². The minimum absolute atomic E-state index is 0.356. The molecule has 0 radical (unpaired) electrons. The molecule has 84 valence electrons. The predicted octanol–water partition coefficient (Wildman–Crippen LogP) is 2.88. The van der Waals surface area contributed by atoms with Gasteiger partial charge in [-0.05, 0) is 12.8 Å². The highest BCUT2D eigenvalue weighted by atomic mass is 35.5. The Morgan fingerprint density at radius 3 is 2.13 bits per heavy atom. The van der Waals surface area contributed by atoms with Crippen LogP contribution in [0, 0.1) is 0 Å². The first kappa shape index (κ1) is 12.4. The smallest absolute Gasteiger partial charge is 0.160 e. The number of halogens is 1. The van der Waals surface area contributed by atoms with E-state index in [4.69, 9.17) is 16.3 Å². The molecular weight excluding hydrogens is 212 g/mol. The maximum Gasteiger partial charge on any atom is 0.160 e. The van der Waals surface area contributed by atoms with Gasteiger partial charge in [0.1, 0.15) is 5.60 Å². The maximum atomic E-state index is 5.68. The highest BCUT2D eigenvalue weighted by Crippen LogP contribution is 2.29. The van der Waals surface area contributed by atoms with E-state index in [1.807, 2.05) is 0 Å². The van der Waals surface area contributed by atoms with Gasteiger partial charge in [0.15, 0.2) is 5.82 Å². The van der Waals surface area contributed by atoms with Crippen LogP contribution in [0.5, 0.6) is 0 Å². The van der Waals surface area contributed by atoms with Gasteiger partial charge >= 0.3 is 0 Å². The van der Waals surface area contributed by atoms with Crippen LogP contribution in [0.15, 0.2) is 12.4 Å². The van der Waals surface area contributed by atoms with E-state index < -0.39 is 0 Å². The molecule has 0 unspecified atom stereocenters. The fourth-order valence-corrected chi connectivity index (χ4v) is 1.74. The molecule has 0 aromatic carbocycles. The molecule has 0 fully saturated rings. The lowest BCUT2D eigenvalue weighted by molar-refractivity contribution is -0.0291. The fourth-order valence-electron chi connectivity index (χ4n) is 1.61. The Morgan fingerprint density at radius 1 is 1.27 bits per heavy atom. The van der Waals surface area contributed by atoms with E-state index in [0.29, 0.717) is 5.88 Å². The van der Waals surface area contributed by atoms with Crippen LogP contribution in [0.2, 0.25) is 0 Å². The zero-order valence-corrected chi connectivity index (χ0v) is 10.2. The molecule has 0 saturated carbocycles. The highest BCUT2D eigenvalue weighted by molar-refractivity contribution is 6.17. The minimum atomic E-state index is -0.356. The topological polar surface area (TPSA) is 35.0 Å². The highest BCUT2D eigenvalue weighted by Gasteiger charge is 2.30. The van der Waals surface area contributed by atoms with E-state index in [1.54, 1.807) is 19.5 Å². The summed E-state index contributed by atoms with van der Waals surface area (Å²) in [6, 6.07) is 0. The lowest BCUT2D eigenvalue weighted by atomic mass is 9.96. The predicted molar refractivity (Wildman–Crippen MR) is 60.9 cm³/mol. The van der Waals surface area contributed by atoms with Gasteiger partial charge in [-0.25, -0.2) is 9.97 Å². The van der Waals surface area contributed by atoms with Gasteiger partial charge in [0.05, 0.1) is 5.88 Å². The molecule has 1 rings (SSSR count). The summed E-state index contributed by atoms with van der Waals surface area (Å²) >= 11 is 5.68. The number of rotatable bonds is 5. The van der Waals surface area contributed by atoms with Crippen molar-refractivity contribution in [1.82, 2.24) is 9.97 Å². The Kier molecular flexibility index (Phi) is 4.48. The number of hydrogen-bond donors (Lipinski definition) is 0. The average Bonchev–Trinajstić information content (AvgIpc) is 2.33. The van der Waals surface area contributed by atoms with E-state index >= 15 is 0 Å². The van der Waals surface area contributed by atoms with Gasteiger partial charge < -0.3 is 4.74 Å². The summed E-state index contributed by atoms with van der Waals surface area (Å²) in [6.45, 7) is 4.15. The van der Waals surface area contributed by atoms with E-state index in [1.165, 1.54) is 0 Å². The van der Waals surface area contributed by atoms with Gasteiger partial charge in [-0.15, -0.1) is 11.6 Å². The molecule has 0 aliphatic carbocycles. The van der Waals surface area contributed by atoms with Crippen LogP contribution in [0.3, 0.4) is 0 Å². The van der Waals surface area contributed by atoms with Crippen molar-refractivity contribution >= 4 is 11.6 Å². The quantitative estimate of drug-likeness (QED) is 0.727. The monoisotopic (exact) mass is 228 g/mol. The molecule has 0 aliphatic heterocycles. The molecule has 0 bridgehead atoms. The number of methoxy groups -OCH3 is 1. The van der Waals surface area contributed by atoms with Crippen molar-refractivity contribution in [3.8, 4) is 0 Å². The Labute approximate surface area is 95.8 Å². The number of aromatic nitrogens is 2. The molecular formula is C11H17ClN2O. The zero-order valence-electron chi connectivity index (χ0n) is 9.46. The van der Waals surface area contributed by atoms with Crippen molar-refractivity contribution < 1.29 is 4.74 Å². The Bertz CT molecular complexity index is 288. The van der Waals surface area contributed by atoms with Gasteiger partial charge in [0.25, 0.3) is 0 Å². The molecule has 4 heteroatoms. The Balaban J connectivity index is 3.01. The fraction of sp³-hybridized carbons (Fsp3) is 0.636. The standard InChI is InChI=1S/C11H17ClN2O/c1-4-11(5-2,15-3)10-13-7-9(6-12)8-14-10/h7-8H,4-6H2,1-3H3. The van der Waals surface area contributed by atoms with E-state index in [-0.39, 0.29) is 5.60 Å². The number of ether oxygens (including phenoxy) is 1. The molecule has 0 atom stereocenters. The lowest BCUT2D eigenvalue weighted by Crippen LogP contribution is -2.29. The van der Waals surface area contributed by atoms with Crippen LogP contribution < -0.4 is 0 Å². The number of alkyl halides is 1. The number of nitrogens with zero attached hydrogens (tertiary/aromatic N) is 2. The first-order chi connectivity index (χ1) is 7.22. The molecule has 0 amide bonds. The second kappa shape index (κ2) is 5.42. The van der Waals surface area contributed by atoms with E-state index in [0.717, 1.165) is 24.2 Å². The Morgan fingerprint density at radius 2 is 1.80 bits per heavy atom. The Hall–Kier alpha value is -0.670. The van der Waals surface area contributed by atoms with Gasteiger partial charge in [-0.1, -0.05) is 13.8 Å². The second-order valence-corrected chi connectivity index (χ2v) is 3.72. The van der Waals surface area contributed by atoms with Gasteiger partial charge in [-0.2, -0.15) is 0 Å². The normalized spacial score (nSPS) is 11.7. The summed E-state index contributed by atoms with van der Waals surface area (Å²) < 4.78 is 5.54. The second-order valence-electron chi connectivity index (χ2n) is 3.45. The molecule has 0 saturated heterocycles. The third-order valence-electron chi connectivity index (χ3n) is 2.80. The summed E-state index contributed by atoms with van der Waals surface area (Å²) in [5.41, 5.74) is 0.572. The van der Waals surface area contributed by atoms with Gasteiger partial charge in [0, 0.05) is 25.1 Å². The summed E-state index contributed by atoms with van der Waals surface area (Å²) in [6.07, 6.45) is 5.24. The summed E-state index contributed by atoms with van der Waals surface area (Å²) in [4.78, 5) is 8.63. The van der Waals surface area contributed by atoms with E-state index in [2.05, 4.69) is 23.8 Å². The molecule has 0 aliphatic rings. The van der Waals surface area contributed by atoms with Crippen molar-refractivity contribution in [2.45, 2.75) is 38.2 Å². The molecule has 1 heterocycles. The van der Waals surface area contributed by atoms with Crippen LogP contribution in [-0.2, 0) is 16.2 Å². The van der Waals surface area contributed by atoms with Crippen molar-refractivity contribution in [2.75, 3.05) is 7.11 Å². The third-order valence-corrected chi connectivity index (χ3v) is 3.11. The largest absolute Gasteiger partial charge is 0.370 e. The summed E-state index contributed by atoms with van der Waals surface area (Å²) in [5, 5.41) is 0. The minimum Gasteiger partial charge on any atom is -0.370 e. The average molecular weight is 229 g/mol. The summed E-state index contributed by atoms with van der Waals surface area (Å²) in [5.74, 6) is 1.18. The van der Waals surface area contributed by atoms with Crippen molar-refractivity contribution in [3.05, 3.63) is 23.8 Å². The first-order valence-electron chi connectivity index (χ1n) is 5.15. The zero-order chi connectivity index (χ0) is 11.3. The van der Waals surface area contributed by atoms with Gasteiger partial charge in [-0.3, -0.25) is 0 Å². The molecule has 0 N–H and O–H groups in total. The van der Waals surface area contributed by atoms with Crippen molar-refractivity contribution in [3.63, 3.8) is 0 Å². The van der Waals surface area contributed by atoms with Crippen LogP contribution in [0.4, 0.5) is 0 Å². The first-order valence-corrected chi connectivity index (χ1v) is 5.68.